The van der Waals surface area contributed by atoms with E-state index in [0.29, 0.717) is 6.42 Å². The van der Waals surface area contributed by atoms with Crippen molar-refractivity contribution in [1.29, 1.82) is 0 Å². The standard InChI is InChI=1S/C11H23NO2.C2H6.H2/c1-3-12-8-6-10-14-9-5-4-7-11(2)13;1-2;/h12H,3-10H2,1-2H3;1-2H3;1H. The third-order valence-corrected chi connectivity index (χ3v) is 1.96. The van der Waals surface area contributed by atoms with Crippen LogP contribution < -0.4 is 5.32 Å². The average molecular weight is 233 g/mol. The number of rotatable bonds is 10. The van der Waals surface area contributed by atoms with Crippen LogP contribution >= 0.6 is 0 Å². The summed E-state index contributed by atoms with van der Waals surface area (Å²) in [5.41, 5.74) is 0. The second-order valence-electron chi connectivity index (χ2n) is 3.48. The molecule has 0 amide bonds. The largest absolute Gasteiger partial charge is 0.381 e. The van der Waals surface area contributed by atoms with Crippen LogP contribution in [0, 0.1) is 0 Å². The van der Waals surface area contributed by atoms with Gasteiger partial charge in [0.2, 0.25) is 0 Å². The molecule has 0 saturated heterocycles. The van der Waals surface area contributed by atoms with Crippen molar-refractivity contribution < 1.29 is 11.0 Å². The molecule has 0 aromatic heterocycles. The Balaban J connectivity index is -0.000000616. The molecule has 0 heterocycles. The van der Waals surface area contributed by atoms with Crippen LogP contribution in [-0.2, 0) is 9.53 Å². The number of unbranched alkanes of at least 4 members (excludes halogenated alkanes) is 1. The van der Waals surface area contributed by atoms with Crippen molar-refractivity contribution in [2.45, 2.75) is 53.4 Å². The smallest absolute Gasteiger partial charge is 0.129 e. The Morgan fingerprint density at radius 1 is 1.19 bits per heavy atom. The highest BCUT2D eigenvalue weighted by atomic mass is 16.5. The van der Waals surface area contributed by atoms with Crippen LogP contribution in [0.2, 0.25) is 0 Å². The SMILES string of the molecule is CC.CCNCCCOCCCCC(C)=O.[HH]. The molecule has 0 aromatic rings. The summed E-state index contributed by atoms with van der Waals surface area (Å²) in [6, 6.07) is 0. The Labute approximate surface area is 102 Å². The monoisotopic (exact) mass is 233 g/mol. The van der Waals surface area contributed by atoms with Crippen LogP contribution in [0.15, 0.2) is 0 Å². The van der Waals surface area contributed by atoms with Crippen LogP contribution in [0.4, 0.5) is 0 Å². The van der Waals surface area contributed by atoms with Gasteiger partial charge >= 0.3 is 0 Å². The van der Waals surface area contributed by atoms with E-state index in [1.807, 2.05) is 13.8 Å². The van der Waals surface area contributed by atoms with Gasteiger partial charge in [-0.15, -0.1) is 0 Å². The first-order valence-electron chi connectivity index (χ1n) is 6.55. The fourth-order valence-electron chi connectivity index (χ4n) is 1.16. The molecule has 0 atom stereocenters. The molecule has 0 fully saturated rings. The number of hydrogen-bond donors (Lipinski definition) is 1. The Morgan fingerprint density at radius 3 is 2.38 bits per heavy atom. The number of Topliss-reactive ketones (excluding diaryl/α,β-unsaturated/α-hetero) is 1. The molecule has 0 spiro atoms. The molecule has 0 saturated carbocycles. The summed E-state index contributed by atoms with van der Waals surface area (Å²) in [6.07, 6.45) is 3.73. The minimum Gasteiger partial charge on any atom is -0.381 e. The van der Waals surface area contributed by atoms with Gasteiger partial charge in [-0.2, -0.15) is 0 Å². The molecule has 0 aliphatic carbocycles. The summed E-state index contributed by atoms with van der Waals surface area (Å²) in [7, 11) is 0. The van der Waals surface area contributed by atoms with Crippen molar-refractivity contribution >= 4 is 5.78 Å². The number of hydrogen-bond acceptors (Lipinski definition) is 3. The number of ketones is 1. The Kier molecular flexibility index (Phi) is 19.1. The topological polar surface area (TPSA) is 38.3 Å². The van der Waals surface area contributed by atoms with E-state index >= 15 is 0 Å². The van der Waals surface area contributed by atoms with Gasteiger partial charge in [0, 0.05) is 21.1 Å². The van der Waals surface area contributed by atoms with Crippen molar-refractivity contribution in [3.8, 4) is 0 Å². The lowest BCUT2D eigenvalue weighted by Gasteiger charge is -2.03. The highest BCUT2D eigenvalue weighted by molar-refractivity contribution is 5.75. The predicted molar refractivity (Wildman–Crippen MR) is 72.0 cm³/mol. The predicted octanol–water partition coefficient (Wildman–Crippen LogP) is 3.03. The maximum absolute atomic E-state index is 10.6. The minimum atomic E-state index is 0. The van der Waals surface area contributed by atoms with Gasteiger partial charge < -0.3 is 14.8 Å². The first-order chi connectivity index (χ1) is 7.77. The molecule has 0 bridgehead atoms. The van der Waals surface area contributed by atoms with E-state index in [1.54, 1.807) is 6.92 Å². The van der Waals surface area contributed by atoms with E-state index in [4.69, 9.17) is 4.74 Å². The molecule has 0 aromatic carbocycles. The summed E-state index contributed by atoms with van der Waals surface area (Å²) in [6.45, 7) is 11.4. The lowest BCUT2D eigenvalue weighted by molar-refractivity contribution is -0.117. The van der Waals surface area contributed by atoms with Crippen LogP contribution in [0.5, 0.6) is 0 Å². The summed E-state index contributed by atoms with van der Waals surface area (Å²) in [5.74, 6) is 0.275. The lowest BCUT2D eigenvalue weighted by Crippen LogP contribution is -2.15. The lowest BCUT2D eigenvalue weighted by atomic mass is 10.2. The van der Waals surface area contributed by atoms with E-state index in [0.717, 1.165) is 45.6 Å². The summed E-state index contributed by atoms with van der Waals surface area (Å²) in [4.78, 5) is 10.6. The quantitative estimate of drug-likeness (QED) is 0.589. The van der Waals surface area contributed by atoms with E-state index in [2.05, 4.69) is 12.2 Å². The second kappa shape index (κ2) is 17.0. The molecule has 100 valence electrons. The minimum absolute atomic E-state index is 0. The molecule has 0 unspecified atom stereocenters. The van der Waals surface area contributed by atoms with Gasteiger partial charge in [-0.3, -0.25) is 0 Å². The highest BCUT2D eigenvalue weighted by Crippen LogP contribution is 1.96. The van der Waals surface area contributed by atoms with E-state index in [-0.39, 0.29) is 7.21 Å². The second-order valence-corrected chi connectivity index (χ2v) is 3.48. The third kappa shape index (κ3) is 19.2. The molecule has 0 aliphatic heterocycles. The van der Waals surface area contributed by atoms with E-state index in [9.17, 15) is 4.79 Å². The van der Waals surface area contributed by atoms with Crippen molar-refractivity contribution in [3.05, 3.63) is 0 Å². The Morgan fingerprint density at radius 2 is 1.81 bits per heavy atom. The Hall–Kier alpha value is -0.410. The zero-order chi connectivity index (χ0) is 12.6. The van der Waals surface area contributed by atoms with E-state index in [1.165, 1.54) is 0 Å². The van der Waals surface area contributed by atoms with Gasteiger partial charge in [-0.05, 0) is 39.3 Å². The number of nitrogens with one attached hydrogen (secondary N) is 1. The molecular formula is C13H31NO2. The first-order valence-corrected chi connectivity index (χ1v) is 6.55. The molecule has 3 heteroatoms. The maximum Gasteiger partial charge on any atom is 0.129 e. The van der Waals surface area contributed by atoms with Crippen molar-refractivity contribution in [1.82, 2.24) is 5.32 Å². The van der Waals surface area contributed by atoms with Crippen molar-refractivity contribution in [2.24, 2.45) is 0 Å². The summed E-state index contributed by atoms with van der Waals surface area (Å²) in [5, 5.41) is 3.24. The van der Waals surface area contributed by atoms with Crippen LogP contribution in [0.3, 0.4) is 0 Å². The molecule has 3 nitrogen and oxygen atoms in total. The number of ether oxygens (including phenoxy) is 1. The number of carbonyl (C=O) groups is 1. The number of carbonyl (C=O) groups excluding carboxylic acids is 1. The van der Waals surface area contributed by atoms with Gasteiger partial charge in [0.15, 0.2) is 0 Å². The van der Waals surface area contributed by atoms with Crippen molar-refractivity contribution in [2.75, 3.05) is 26.3 Å². The fraction of sp³-hybridized carbons (Fsp3) is 0.923. The average Bonchev–Trinajstić information content (AvgIpc) is 2.29. The van der Waals surface area contributed by atoms with Gasteiger partial charge in [-0.1, -0.05) is 20.8 Å². The molecule has 0 radical (unpaired) electrons. The van der Waals surface area contributed by atoms with Crippen LogP contribution in [-0.4, -0.2) is 32.1 Å². The van der Waals surface area contributed by atoms with E-state index < -0.39 is 0 Å². The third-order valence-electron chi connectivity index (χ3n) is 1.96. The van der Waals surface area contributed by atoms with Gasteiger partial charge in [-0.25, -0.2) is 0 Å². The molecule has 16 heavy (non-hydrogen) atoms. The summed E-state index contributed by atoms with van der Waals surface area (Å²) < 4.78 is 5.41. The molecule has 0 rings (SSSR count). The van der Waals surface area contributed by atoms with Gasteiger partial charge in [0.1, 0.15) is 5.78 Å². The zero-order valence-electron chi connectivity index (χ0n) is 11.5. The van der Waals surface area contributed by atoms with Crippen LogP contribution in [0.25, 0.3) is 0 Å². The van der Waals surface area contributed by atoms with Gasteiger partial charge in [0.25, 0.3) is 0 Å². The zero-order valence-corrected chi connectivity index (χ0v) is 11.5. The van der Waals surface area contributed by atoms with Crippen LogP contribution in [0.1, 0.15) is 54.8 Å². The molecule has 0 aliphatic rings. The first kappa shape index (κ1) is 18.0. The molecule has 1 N–H and O–H groups in total. The molecular weight excluding hydrogens is 202 g/mol. The fourth-order valence-corrected chi connectivity index (χ4v) is 1.16. The summed E-state index contributed by atoms with van der Waals surface area (Å²) >= 11 is 0. The normalized spacial score (nSPS) is 9.50. The maximum atomic E-state index is 10.6. The Bertz CT molecular complexity index is 143. The van der Waals surface area contributed by atoms with Gasteiger partial charge in [0.05, 0.1) is 0 Å². The highest BCUT2D eigenvalue weighted by Gasteiger charge is 1.93. The van der Waals surface area contributed by atoms with Crippen molar-refractivity contribution in [3.63, 3.8) is 0 Å².